The summed E-state index contributed by atoms with van der Waals surface area (Å²) in [5.74, 6) is -2.57. The van der Waals surface area contributed by atoms with Crippen LogP contribution in [0.5, 0.6) is 0 Å². The molecule has 0 bridgehead atoms. The minimum absolute atomic E-state index is 0.0567. The van der Waals surface area contributed by atoms with Crippen molar-refractivity contribution in [2.45, 2.75) is 13.8 Å². The van der Waals surface area contributed by atoms with Crippen LogP contribution in [0.1, 0.15) is 24.2 Å². The third-order valence-corrected chi connectivity index (χ3v) is 3.34. The lowest BCUT2D eigenvalue weighted by atomic mass is 9.96. The first kappa shape index (κ1) is 16.9. The molecule has 1 amide bonds. The van der Waals surface area contributed by atoms with Gasteiger partial charge in [-0.1, -0.05) is 25.4 Å². The first-order valence-corrected chi connectivity index (χ1v) is 6.56. The van der Waals surface area contributed by atoms with E-state index >= 15 is 0 Å². The third kappa shape index (κ3) is 4.42. The molecule has 0 spiro atoms. The Hall–Kier alpha value is -2.15. The highest BCUT2D eigenvalue weighted by atomic mass is 35.5. The zero-order chi connectivity index (χ0) is 16.2. The Bertz CT molecular complexity index is 574. The molecule has 1 rings (SSSR count). The van der Waals surface area contributed by atoms with Crippen LogP contribution in [0.25, 0.3) is 0 Å². The van der Waals surface area contributed by atoms with Gasteiger partial charge in [-0.2, -0.15) is 0 Å². The molecular formula is C13H15ClN2O5. The molecule has 21 heavy (non-hydrogen) atoms. The van der Waals surface area contributed by atoms with Crippen molar-refractivity contribution < 1.29 is 19.6 Å². The SMILES string of the molecule is CC(C)C(CNC(=O)c1cc([N+](=O)[O-])ccc1Cl)C(=O)O. The lowest BCUT2D eigenvalue weighted by Crippen LogP contribution is -2.35. The third-order valence-electron chi connectivity index (χ3n) is 3.01. The summed E-state index contributed by atoms with van der Waals surface area (Å²) in [4.78, 5) is 33.1. The van der Waals surface area contributed by atoms with Gasteiger partial charge in [0.15, 0.2) is 0 Å². The van der Waals surface area contributed by atoms with E-state index in [1.165, 1.54) is 12.1 Å². The number of nitro benzene ring substituents is 1. The van der Waals surface area contributed by atoms with E-state index < -0.39 is 22.7 Å². The van der Waals surface area contributed by atoms with Crippen LogP contribution in [0.15, 0.2) is 18.2 Å². The summed E-state index contributed by atoms with van der Waals surface area (Å²) in [5.41, 5.74) is -0.318. The van der Waals surface area contributed by atoms with Gasteiger partial charge in [0.05, 0.1) is 21.4 Å². The average Bonchev–Trinajstić information content (AvgIpc) is 2.37. The van der Waals surface area contributed by atoms with E-state index in [1.54, 1.807) is 13.8 Å². The van der Waals surface area contributed by atoms with Gasteiger partial charge in [-0.05, 0) is 12.0 Å². The topological polar surface area (TPSA) is 110 Å². The number of carbonyl (C=O) groups excluding carboxylic acids is 1. The lowest BCUT2D eigenvalue weighted by molar-refractivity contribution is -0.384. The maximum absolute atomic E-state index is 12.0. The number of carboxylic acid groups (broad SMARTS) is 1. The Balaban J connectivity index is 2.87. The minimum Gasteiger partial charge on any atom is -0.481 e. The van der Waals surface area contributed by atoms with Crippen LogP contribution in [0.2, 0.25) is 5.02 Å². The zero-order valence-electron chi connectivity index (χ0n) is 11.5. The molecule has 2 N–H and O–H groups in total. The number of hydrogen-bond donors (Lipinski definition) is 2. The second kappa shape index (κ2) is 7.03. The molecule has 1 aromatic carbocycles. The molecule has 8 heteroatoms. The van der Waals surface area contributed by atoms with Crippen LogP contribution >= 0.6 is 11.6 Å². The number of nitro groups is 1. The number of aliphatic carboxylic acids is 1. The zero-order valence-corrected chi connectivity index (χ0v) is 12.3. The fourth-order valence-electron chi connectivity index (χ4n) is 1.71. The second-order valence-electron chi connectivity index (χ2n) is 4.82. The maximum atomic E-state index is 12.0. The van der Waals surface area contributed by atoms with E-state index in [9.17, 15) is 19.7 Å². The molecule has 114 valence electrons. The van der Waals surface area contributed by atoms with Crippen molar-refractivity contribution in [1.82, 2.24) is 5.32 Å². The molecule has 1 unspecified atom stereocenters. The number of carbonyl (C=O) groups is 2. The van der Waals surface area contributed by atoms with Crippen molar-refractivity contribution in [2.24, 2.45) is 11.8 Å². The van der Waals surface area contributed by atoms with Gasteiger partial charge < -0.3 is 10.4 Å². The maximum Gasteiger partial charge on any atom is 0.308 e. The molecule has 0 aromatic heterocycles. The number of halogens is 1. The molecule has 0 heterocycles. The highest BCUT2D eigenvalue weighted by Crippen LogP contribution is 2.22. The fraction of sp³-hybridized carbons (Fsp3) is 0.385. The number of non-ortho nitro benzene ring substituents is 1. The Morgan fingerprint density at radius 3 is 2.52 bits per heavy atom. The quantitative estimate of drug-likeness (QED) is 0.618. The van der Waals surface area contributed by atoms with Crippen molar-refractivity contribution in [3.63, 3.8) is 0 Å². The van der Waals surface area contributed by atoms with Crippen molar-refractivity contribution in [3.05, 3.63) is 38.9 Å². The molecular weight excluding hydrogens is 300 g/mol. The number of carboxylic acids is 1. The summed E-state index contributed by atoms with van der Waals surface area (Å²) in [6.45, 7) is 3.38. The Morgan fingerprint density at radius 1 is 1.43 bits per heavy atom. The number of nitrogens with zero attached hydrogens (tertiary/aromatic N) is 1. The summed E-state index contributed by atoms with van der Waals surface area (Å²) < 4.78 is 0. The highest BCUT2D eigenvalue weighted by molar-refractivity contribution is 6.33. The average molecular weight is 315 g/mol. The molecule has 0 aliphatic carbocycles. The van der Waals surface area contributed by atoms with Gasteiger partial charge in [0.2, 0.25) is 0 Å². The van der Waals surface area contributed by atoms with Crippen molar-refractivity contribution >= 4 is 29.2 Å². The van der Waals surface area contributed by atoms with Gasteiger partial charge in [0.1, 0.15) is 0 Å². The van der Waals surface area contributed by atoms with Crippen LogP contribution in [-0.4, -0.2) is 28.5 Å². The largest absolute Gasteiger partial charge is 0.481 e. The monoisotopic (exact) mass is 314 g/mol. The van der Waals surface area contributed by atoms with E-state index in [-0.39, 0.29) is 28.7 Å². The van der Waals surface area contributed by atoms with E-state index in [1.807, 2.05) is 0 Å². The summed E-state index contributed by atoms with van der Waals surface area (Å²) in [6.07, 6.45) is 0. The smallest absolute Gasteiger partial charge is 0.308 e. The van der Waals surface area contributed by atoms with Gasteiger partial charge in [0.25, 0.3) is 11.6 Å². The molecule has 0 aliphatic heterocycles. The second-order valence-corrected chi connectivity index (χ2v) is 5.23. The molecule has 0 radical (unpaired) electrons. The normalized spacial score (nSPS) is 12.0. The van der Waals surface area contributed by atoms with Crippen LogP contribution in [-0.2, 0) is 4.79 Å². The van der Waals surface area contributed by atoms with Crippen LogP contribution in [0.4, 0.5) is 5.69 Å². The number of hydrogen-bond acceptors (Lipinski definition) is 4. The number of nitrogens with one attached hydrogen (secondary N) is 1. The first-order valence-electron chi connectivity index (χ1n) is 6.19. The Kier molecular flexibility index (Phi) is 5.66. The lowest BCUT2D eigenvalue weighted by Gasteiger charge is -2.16. The van der Waals surface area contributed by atoms with E-state index in [2.05, 4.69) is 5.32 Å². The molecule has 0 fully saturated rings. The molecule has 1 aromatic rings. The van der Waals surface area contributed by atoms with E-state index in [0.29, 0.717) is 0 Å². The van der Waals surface area contributed by atoms with Crippen molar-refractivity contribution in [2.75, 3.05) is 6.54 Å². The standard InChI is InChI=1S/C13H15ClN2O5/c1-7(2)10(13(18)19)6-15-12(17)9-5-8(16(20)21)3-4-11(9)14/h3-5,7,10H,6H2,1-2H3,(H,15,17)(H,18,19). The fourth-order valence-corrected chi connectivity index (χ4v) is 1.91. The Morgan fingerprint density at radius 2 is 2.05 bits per heavy atom. The van der Waals surface area contributed by atoms with Crippen LogP contribution < -0.4 is 5.32 Å². The predicted molar refractivity (Wildman–Crippen MR) is 76.4 cm³/mol. The molecule has 0 aliphatic rings. The summed E-state index contributed by atoms with van der Waals surface area (Å²) in [5, 5.41) is 22.2. The summed E-state index contributed by atoms with van der Waals surface area (Å²) in [6, 6.07) is 3.50. The minimum atomic E-state index is -1.02. The molecule has 7 nitrogen and oxygen atoms in total. The van der Waals surface area contributed by atoms with Crippen molar-refractivity contribution in [3.8, 4) is 0 Å². The summed E-state index contributed by atoms with van der Waals surface area (Å²) in [7, 11) is 0. The Labute approximate surface area is 126 Å². The van der Waals surface area contributed by atoms with Gasteiger partial charge in [-0.25, -0.2) is 0 Å². The number of amides is 1. The van der Waals surface area contributed by atoms with E-state index in [0.717, 1.165) is 6.07 Å². The first-order chi connectivity index (χ1) is 9.73. The molecule has 0 saturated carbocycles. The van der Waals surface area contributed by atoms with Crippen LogP contribution in [0.3, 0.4) is 0 Å². The highest BCUT2D eigenvalue weighted by Gasteiger charge is 2.23. The van der Waals surface area contributed by atoms with Gasteiger partial charge in [-0.3, -0.25) is 19.7 Å². The predicted octanol–water partition coefficient (Wildman–Crippen LogP) is 2.33. The van der Waals surface area contributed by atoms with Gasteiger partial charge in [0, 0.05) is 18.7 Å². The van der Waals surface area contributed by atoms with E-state index in [4.69, 9.17) is 16.7 Å². The van der Waals surface area contributed by atoms with Crippen molar-refractivity contribution in [1.29, 1.82) is 0 Å². The summed E-state index contributed by atoms with van der Waals surface area (Å²) >= 11 is 5.84. The molecule has 1 atom stereocenters. The van der Waals surface area contributed by atoms with Gasteiger partial charge >= 0.3 is 5.97 Å². The molecule has 0 saturated heterocycles. The number of benzene rings is 1. The number of rotatable bonds is 6. The van der Waals surface area contributed by atoms with Crippen LogP contribution in [0, 0.1) is 22.0 Å². The van der Waals surface area contributed by atoms with Gasteiger partial charge in [-0.15, -0.1) is 0 Å².